The molecule has 0 aliphatic carbocycles. The highest BCUT2D eigenvalue weighted by Crippen LogP contribution is 2.32. The second-order valence-corrected chi connectivity index (χ2v) is 5.24. The van der Waals surface area contributed by atoms with Gasteiger partial charge in [-0.25, -0.2) is 0 Å². The monoisotopic (exact) mass is 269 g/mol. The van der Waals surface area contributed by atoms with E-state index in [-0.39, 0.29) is 6.61 Å². The average Bonchev–Trinajstić information content (AvgIpc) is 2.81. The number of rotatable bonds is 6. The van der Waals surface area contributed by atoms with Crippen LogP contribution in [0.1, 0.15) is 30.9 Å². The van der Waals surface area contributed by atoms with E-state index in [0.29, 0.717) is 6.04 Å². The molecule has 0 fully saturated rings. The molecule has 0 spiro atoms. The Bertz CT molecular complexity index is 409. The van der Waals surface area contributed by atoms with Gasteiger partial charge >= 0.3 is 0 Å². The zero-order valence-electron chi connectivity index (χ0n) is 10.7. The summed E-state index contributed by atoms with van der Waals surface area (Å²) in [6.45, 7) is 3.89. The molecule has 0 saturated heterocycles. The molecule has 0 radical (unpaired) electrons. The SMILES string of the molecule is CC(CCCO)NCc1cc(Cl)cc2c1OCC2. The number of hydrogen-bond donors (Lipinski definition) is 2. The van der Waals surface area contributed by atoms with Gasteiger partial charge in [-0.05, 0) is 37.5 Å². The first-order valence-electron chi connectivity index (χ1n) is 6.49. The van der Waals surface area contributed by atoms with Crippen molar-refractivity contribution in [3.05, 3.63) is 28.3 Å². The molecular weight excluding hydrogens is 250 g/mol. The Labute approximate surface area is 113 Å². The van der Waals surface area contributed by atoms with Gasteiger partial charge < -0.3 is 15.2 Å². The standard InChI is InChI=1S/C14H20ClNO2/c1-10(3-2-5-17)16-9-12-8-13(15)7-11-4-6-18-14(11)12/h7-8,10,16-17H,2-6,9H2,1H3. The predicted octanol–water partition coefficient (Wildman–Crippen LogP) is 2.53. The zero-order chi connectivity index (χ0) is 13.0. The minimum atomic E-state index is 0.252. The lowest BCUT2D eigenvalue weighted by Gasteiger charge is -2.15. The molecule has 1 aliphatic heterocycles. The lowest BCUT2D eigenvalue weighted by atomic mass is 10.1. The van der Waals surface area contributed by atoms with E-state index in [1.54, 1.807) is 0 Å². The first-order chi connectivity index (χ1) is 8.70. The smallest absolute Gasteiger partial charge is 0.127 e. The predicted molar refractivity (Wildman–Crippen MR) is 73.3 cm³/mol. The summed E-state index contributed by atoms with van der Waals surface area (Å²) < 4.78 is 5.66. The summed E-state index contributed by atoms with van der Waals surface area (Å²) in [7, 11) is 0. The molecule has 100 valence electrons. The summed E-state index contributed by atoms with van der Waals surface area (Å²) in [5, 5.41) is 13.0. The largest absolute Gasteiger partial charge is 0.493 e. The summed E-state index contributed by atoms with van der Waals surface area (Å²) >= 11 is 6.11. The van der Waals surface area contributed by atoms with Gasteiger partial charge in [-0.15, -0.1) is 0 Å². The summed E-state index contributed by atoms with van der Waals surface area (Å²) in [5.74, 6) is 1.00. The van der Waals surface area contributed by atoms with Crippen molar-refractivity contribution in [3.8, 4) is 5.75 Å². The number of aliphatic hydroxyl groups is 1. The van der Waals surface area contributed by atoms with E-state index in [4.69, 9.17) is 21.4 Å². The Morgan fingerprint density at radius 2 is 2.33 bits per heavy atom. The summed E-state index contributed by atoms with van der Waals surface area (Å²) in [4.78, 5) is 0. The molecule has 1 unspecified atom stereocenters. The second kappa shape index (κ2) is 6.41. The molecule has 0 amide bonds. The highest BCUT2D eigenvalue weighted by molar-refractivity contribution is 6.30. The molecule has 1 aliphatic rings. The molecule has 0 bridgehead atoms. The Kier molecular flexibility index (Phi) is 4.87. The lowest BCUT2D eigenvalue weighted by Crippen LogP contribution is -2.25. The number of halogens is 1. The van der Waals surface area contributed by atoms with Crippen LogP contribution in [-0.2, 0) is 13.0 Å². The van der Waals surface area contributed by atoms with Crippen molar-refractivity contribution >= 4 is 11.6 Å². The minimum absolute atomic E-state index is 0.252. The van der Waals surface area contributed by atoms with E-state index >= 15 is 0 Å². The Balaban J connectivity index is 1.97. The molecule has 18 heavy (non-hydrogen) atoms. The average molecular weight is 270 g/mol. The van der Waals surface area contributed by atoms with Gasteiger partial charge in [0.25, 0.3) is 0 Å². The minimum Gasteiger partial charge on any atom is -0.493 e. The van der Waals surface area contributed by atoms with Crippen LogP contribution < -0.4 is 10.1 Å². The van der Waals surface area contributed by atoms with Gasteiger partial charge in [-0.2, -0.15) is 0 Å². The van der Waals surface area contributed by atoms with Gasteiger partial charge in [0.05, 0.1) is 6.61 Å². The maximum absolute atomic E-state index is 8.80. The van der Waals surface area contributed by atoms with Crippen molar-refractivity contribution in [2.75, 3.05) is 13.2 Å². The highest BCUT2D eigenvalue weighted by atomic mass is 35.5. The Morgan fingerprint density at radius 1 is 1.50 bits per heavy atom. The maximum atomic E-state index is 8.80. The van der Waals surface area contributed by atoms with Gasteiger partial charge in [0.1, 0.15) is 5.75 Å². The van der Waals surface area contributed by atoms with Gasteiger partial charge in [-0.3, -0.25) is 0 Å². The Morgan fingerprint density at radius 3 is 3.11 bits per heavy atom. The fourth-order valence-electron chi connectivity index (χ4n) is 2.26. The van der Waals surface area contributed by atoms with Gasteiger partial charge in [0, 0.05) is 36.2 Å². The number of aliphatic hydroxyl groups excluding tert-OH is 1. The molecular formula is C14H20ClNO2. The van der Waals surface area contributed by atoms with E-state index in [2.05, 4.69) is 12.2 Å². The molecule has 1 heterocycles. The molecule has 1 aromatic rings. The zero-order valence-corrected chi connectivity index (χ0v) is 11.5. The third kappa shape index (κ3) is 3.37. The van der Waals surface area contributed by atoms with E-state index in [1.807, 2.05) is 12.1 Å². The van der Waals surface area contributed by atoms with Crippen LogP contribution in [0.5, 0.6) is 5.75 Å². The molecule has 0 aromatic heterocycles. The lowest BCUT2D eigenvalue weighted by molar-refractivity contribution is 0.276. The van der Waals surface area contributed by atoms with E-state index < -0.39 is 0 Å². The summed E-state index contributed by atoms with van der Waals surface area (Å²) in [5.41, 5.74) is 2.34. The topological polar surface area (TPSA) is 41.5 Å². The van der Waals surface area contributed by atoms with Crippen LogP contribution in [0.15, 0.2) is 12.1 Å². The van der Waals surface area contributed by atoms with E-state index in [1.165, 1.54) is 5.56 Å². The number of nitrogens with one attached hydrogen (secondary N) is 1. The van der Waals surface area contributed by atoms with Crippen LogP contribution in [0.3, 0.4) is 0 Å². The quantitative estimate of drug-likeness (QED) is 0.834. The van der Waals surface area contributed by atoms with Crippen molar-refractivity contribution in [2.45, 2.75) is 38.8 Å². The first kappa shape index (κ1) is 13.7. The molecule has 2 N–H and O–H groups in total. The van der Waals surface area contributed by atoms with Crippen molar-refractivity contribution in [3.63, 3.8) is 0 Å². The van der Waals surface area contributed by atoms with Crippen LogP contribution >= 0.6 is 11.6 Å². The van der Waals surface area contributed by atoms with Crippen molar-refractivity contribution in [1.29, 1.82) is 0 Å². The van der Waals surface area contributed by atoms with E-state index in [9.17, 15) is 0 Å². The normalized spacial score (nSPS) is 15.3. The van der Waals surface area contributed by atoms with Crippen molar-refractivity contribution < 1.29 is 9.84 Å². The summed E-state index contributed by atoms with van der Waals surface area (Å²) in [6.07, 6.45) is 2.75. The molecule has 1 aromatic carbocycles. The number of fused-ring (bicyclic) bond motifs is 1. The fourth-order valence-corrected chi connectivity index (χ4v) is 2.52. The number of benzene rings is 1. The van der Waals surface area contributed by atoms with Gasteiger partial charge in [0.15, 0.2) is 0 Å². The fraction of sp³-hybridized carbons (Fsp3) is 0.571. The summed E-state index contributed by atoms with van der Waals surface area (Å²) in [6, 6.07) is 4.34. The molecule has 2 rings (SSSR count). The Hall–Kier alpha value is -0.770. The third-order valence-electron chi connectivity index (χ3n) is 3.26. The second-order valence-electron chi connectivity index (χ2n) is 4.80. The number of ether oxygens (including phenoxy) is 1. The van der Waals surface area contributed by atoms with Gasteiger partial charge in [-0.1, -0.05) is 11.6 Å². The molecule has 3 nitrogen and oxygen atoms in total. The highest BCUT2D eigenvalue weighted by Gasteiger charge is 2.17. The van der Waals surface area contributed by atoms with Crippen molar-refractivity contribution in [1.82, 2.24) is 5.32 Å². The molecule has 4 heteroatoms. The molecule has 1 atom stereocenters. The van der Waals surface area contributed by atoms with Crippen LogP contribution in [0, 0.1) is 0 Å². The van der Waals surface area contributed by atoms with Crippen molar-refractivity contribution in [2.24, 2.45) is 0 Å². The third-order valence-corrected chi connectivity index (χ3v) is 3.48. The van der Waals surface area contributed by atoms with Gasteiger partial charge in [0.2, 0.25) is 0 Å². The number of hydrogen-bond acceptors (Lipinski definition) is 3. The van der Waals surface area contributed by atoms with Crippen LogP contribution in [-0.4, -0.2) is 24.4 Å². The van der Waals surface area contributed by atoms with E-state index in [0.717, 1.165) is 48.7 Å². The maximum Gasteiger partial charge on any atom is 0.127 e. The van der Waals surface area contributed by atoms with Crippen LogP contribution in [0.2, 0.25) is 5.02 Å². The molecule has 0 saturated carbocycles. The first-order valence-corrected chi connectivity index (χ1v) is 6.87. The van der Waals surface area contributed by atoms with Crippen LogP contribution in [0.4, 0.5) is 0 Å². The van der Waals surface area contributed by atoms with Crippen LogP contribution in [0.25, 0.3) is 0 Å².